The Morgan fingerprint density at radius 2 is 1.33 bits per heavy atom. The van der Waals surface area contributed by atoms with E-state index in [2.05, 4.69) is 12.2 Å². The summed E-state index contributed by atoms with van der Waals surface area (Å²) in [6.07, 6.45) is 0. The number of ether oxygens (including phenoxy) is 1. The summed E-state index contributed by atoms with van der Waals surface area (Å²) in [5.74, 6) is 0. The summed E-state index contributed by atoms with van der Waals surface area (Å²) in [5, 5.41) is 1.10. The normalized spacial score (nSPS) is 10.1. The molecule has 0 radical (unpaired) electrons. The number of thiocarbonyl (C=S) groups is 2. The van der Waals surface area contributed by atoms with Crippen molar-refractivity contribution in [2.75, 3.05) is 19.8 Å². The lowest BCUT2D eigenvalue weighted by atomic mass is 10.8. The highest BCUT2D eigenvalue weighted by atomic mass is 32.1. The molecule has 0 aliphatic rings. The molecule has 4 nitrogen and oxygen atoms in total. The molecule has 0 aliphatic carbocycles. The molecule has 0 aromatic heterocycles. The summed E-state index contributed by atoms with van der Waals surface area (Å²) in [6, 6.07) is 0. The minimum Gasteiger partial charge on any atom is -0.495 e. The minimum absolute atomic E-state index is 0.478. The molecule has 108 valence electrons. The lowest BCUT2D eigenvalue weighted by Crippen LogP contribution is -2.43. The fourth-order valence-corrected chi connectivity index (χ4v) is 3.43. The van der Waals surface area contributed by atoms with E-state index in [9.17, 15) is 0 Å². The molecular formula is C11H24O4S2Si. The zero-order valence-corrected chi connectivity index (χ0v) is 14.7. The fourth-order valence-electron chi connectivity index (χ4n) is 1.09. The van der Waals surface area contributed by atoms with Gasteiger partial charge in [0.15, 0.2) is 5.05 Å². The van der Waals surface area contributed by atoms with Crippen molar-refractivity contribution in [1.82, 2.24) is 0 Å². The SMILES string of the molecule is CCOC(C)=S.CCO[Si](C)(OCC)OC(C)=S. The van der Waals surface area contributed by atoms with Crippen LogP contribution in [0, 0.1) is 0 Å². The Morgan fingerprint density at radius 3 is 1.50 bits per heavy atom. The number of rotatable bonds is 6. The van der Waals surface area contributed by atoms with Gasteiger partial charge in [0.2, 0.25) is 0 Å². The zero-order valence-electron chi connectivity index (χ0n) is 12.1. The van der Waals surface area contributed by atoms with Gasteiger partial charge in [0, 0.05) is 33.6 Å². The van der Waals surface area contributed by atoms with Crippen molar-refractivity contribution in [3.63, 3.8) is 0 Å². The molecule has 0 spiro atoms. The Balaban J connectivity index is 0. The van der Waals surface area contributed by atoms with Crippen LogP contribution >= 0.6 is 24.4 Å². The van der Waals surface area contributed by atoms with E-state index >= 15 is 0 Å². The van der Waals surface area contributed by atoms with Crippen LogP contribution in [0.4, 0.5) is 0 Å². The second kappa shape index (κ2) is 12.0. The first-order valence-electron chi connectivity index (χ1n) is 5.92. The third-order valence-corrected chi connectivity index (χ3v) is 4.14. The van der Waals surface area contributed by atoms with Gasteiger partial charge >= 0.3 is 8.80 Å². The molecule has 0 aromatic rings. The Kier molecular flexibility index (Phi) is 13.5. The first-order chi connectivity index (χ1) is 8.31. The van der Waals surface area contributed by atoms with E-state index in [-0.39, 0.29) is 0 Å². The molecule has 0 aliphatic heterocycles. The molecule has 0 N–H and O–H groups in total. The van der Waals surface area contributed by atoms with Crippen molar-refractivity contribution in [3.8, 4) is 0 Å². The van der Waals surface area contributed by atoms with E-state index in [0.717, 1.165) is 0 Å². The van der Waals surface area contributed by atoms with E-state index in [4.69, 9.17) is 30.2 Å². The second-order valence-corrected chi connectivity index (χ2v) is 6.90. The van der Waals surface area contributed by atoms with Crippen LogP contribution in [0.15, 0.2) is 0 Å². The van der Waals surface area contributed by atoms with Crippen molar-refractivity contribution in [1.29, 1.82) is 0 Å². The third-order valence-electron chi connectivity index (χ3n) is 1.49. The van der Waals surface area contributed by atoms with Crippen molar-refractivity contribution in [3.05, 3.63) is 0 Å². The summed E-state index contributed by atoms with van der Waals surface area (Å²) >= 11 is 9.40. The molecule has 0 fully saturated rings. The number of hydrogen-bond donors (Lipinski definition) is 0. The maximum atomic E-state index is 5.39. The molecule has 18 heavy (non-hydrogen) atoms. The fraction of sp³-hybridized carbons (Fsp3) is 0.818. The van der Waals surface area contributed by atoms with Crippen molar-refractivity contribution in [2.24, 2.45) is 0 Å². The maximum Gasteiger partial charge on any atom is 0.563 e. The van der Waals surface area contributed by atoms with Crippen LogP contribution in [0.25, 0.3) is 0 Å². The van der Waals surface area contributed by atoms with Gasteiger partial charge in [0.25, 0.3) is 0 Å². The first-order valence-corrected chi connectivity index (χ1v) is 8.96. The number of hydrogen-bond acceptors (Lipinski definition) is 6. The average Bonchev–Trinajstić information content (AvgIpc) is 2.16. The predicted octanol–water partition coefficient (Wildman–Crippen LogP) is 3.36. The molecule has 0 rings (SSSR count). The van der Waals surface area contributed by atoms with Crippen LogP contribution < -0.4 is 0 Å². The van der Waals surface area contributed by atoms with Gasteiger partial charge in [-0.1, -0.05) is 0 Å². The summed E-state index contributed by atoms with van der Waals surface area (Å²) in [6.45, 7) is 12.9. The second-order valence-electron chi connectivity index (χ2n) is 3.25. The maximum absolute atomic E-state index is 5.39. The average molecular weight is 313 g/mol. The largest absolute Gasteiger partial charge is 0.563 e. The smallest absolute Gasteiger partial charge is 0.495 e. The quantitative estimate of drug-likeness (QED) is 0.553. The summed E-state index contributed by atoms with van der Waals surface area (Å²) in [4.78, 5) is 0. The Labute approximate surface area is 122 Å². The summed E-state index contributed by atoms with van der Waals surface area (Å²) < 4.78 is 20.9. The molecule has 0 aromatic carbocycles. The van der Waals surface area contributed by atoms with Crippen molar-refractivity contribution < 1.29 is 18.0 Å². The van der Waals surface area contributed by atoms with Gasteiger partial charge in [-0.2, -0.15) is 0 Å². The van der Waals surface area contributed by atoms with Gasteiger partial charge in [-0.15, -0.1) is 0 Å². The van der Waals surface area contributed by atoms with Gasteiger partial charge in [-0.05, 0) is 45.2 Å². The molecule has 0 unspecified atom stereocenters. The van der Waals surface area contributed by atoms with E-state index in [0.29, 0.717) is 29.9 Å². The van der Waals surface area contributed by atoms with E-state index in [1.165, 1.54) is 0 Å². The van der Waals surface area contributed by atoms with E-state index in [1.54, 1.807) is 13.8 Å². The van der Waals surface area contributed by atoms with Gasteiger partial charge in [0.05, 0.1) is 6.61 Å². The molecule has 0 saturated heterocycles. The van der Waals surface area contributed by atoms with Crippen LogP contribution in [-0.2, 0) is 18.0 Å². The highest BCUT2D eigenvalue weighted by Gasteiger charge is 2.36. The van der Waals surface area contributed by atoms with E-state index < -0.39 is 8.80 Å². The molecule has 7 heteroatoms. The first kappa shape index (κ1) is 20.2. The minimum atomic E-state index is -2.45. The van der Waals surface area contributed by atoms with Gasteiger partial charge in [-0.3, -0.25) is 0 Å². The monoisotopic (exact) mass is 312 g/mol. The highest BCUT2D eigenvalue weighted by molar-refractivity contribution is 7.80. The third kappa shape index (κ3) is 14.0. The zero-order chi connectivity index (χ0) is 14.6. The van der Waals surface area contributed by atoms with Crippen LogP contribution in [0.2, 0.25) is 6.55 Å². The lowest BCUT2D eigenvalue weighted by molar-refractivity contribution is 0.121. The van der Waals surface area contributed by atoms with Crippen LogP contribution in [0.1, 0.15) is 34.6 Å². The van der Waals surface area contributed by atoms with Gasteiger partial charge in [0.1, 0.15) is 5.05 Å². The molecule has 0 atom stereocenters. The van der Waals surface area contributed by atoms with Gasteiger partial charge in [-0.25, -0.2) is 0 Å². The van der Waals surface area contributed by atoms with Crippen LogP contribution in [0.5, 0.6) is 0 Å². The molecule has 0 amide bonds. The van der Waals surface area contributed by atoms with E-state index in [1.807, 2.05) is 27.3 Å². The Morgan fingerprint density at radius 1 is 0.889 bits per heavy atom. The molecule has 0 saturated carbocycles. The van der Waals surface area contributed by atoms with Crippen molar-refractivity contribution in [2.45, 2.75) is 41.2 Å². The standard InChI is InChI=1S/C7H16O3SSi.C4H8OS/c1-5-8-12(4,9-6-2)10-7(3)11;1-3-5-4(2)6/h5-6H2,1-4H3;3H2,1-2H3. The molecule has 0 heterocycles. The molecule has 0 bridgehead atoms. The van der Waals surface area contributed by atoms with Crippen LogP contribution in [-0.4, -0.2) is 38.7 Å². The van der Waals surface area contributed by atoms with Crippen molar-refractivity contribution >= 4 is 43.3 Å². The molecular weight excluding hydrogens is 288 g/mol. The highest BCUT2D eigenvalue weighted by Crippen LogP contribution is 2.09. The Bertz CT molecular complexity index is 243. The van der Waals surface area contributed by atoms with Gasteiger partial charge < -0.3 is 18.0 Å². The summed E-state index contributed by atoms with van der Waals surface area (Å²) in [7, 11) is -2.45. The Hall–Kier alpha value is -0.0831. The predicted molar refractivity (Wildman–Crippen MR) is 84.1 cm³/mol. The van der Waals surface area contributed by atoms with Crippen LogP contribution in [0.3, 0.4) is 0 Å². The summed E-state index contributed by atoms with van der Waals surface area (Å²) in [5.41, 5.74) is 0. The topological polar surface area (TPSA) is 36.9 Å². The lowest BCUT2D eigenvalue weighted by Gasteiger charge is -2.24.